The van der Waals surface area contributed by atoms with E-state index < -0.39 is 18.0 Å². The Bertz CT molecular complexity index is 1830. The number of esters is 2. The first-order chi connectivity index (χ1) is 21.8. The van der Waals surface area contributed by atoms with Crippen molar-refractivity contribution in [2.45, 2.75) is 33.7 Å². The number of hydrogen-bond acceptors (Lipinski definition) is 11. The van der Waals surface area contributed by atoms with E-state index in [4.69, 9.17) is 30.1 Å². The highest BCUT2D eigenvalue weighted by molar-refractivity contribution is 7.07. The van der Waals surface area contributed by atoms with Gasteiger partial charge in [-0.15, -0.1) is 6.42 Å². The summed E-state index contributed by atoms with van der Waals surface area (Å²) < 4.78 is 34.7. The summed E-state index contributed by atoms with van der Waals surface area (Å²) in [5, 5.41) is 0. The molecule has 11 nitrogen and oxygen atoms in total. The fourth-order valence-corrected chi connectivity index (χ4v) is 5.70. The molecule has 0 saturated carbocycles. The topological polar surface area (TPSA) is 124 Å². The van der Waals surface area contributed by atoms with Gasteiger partial charge >= 0.3 is 11.9 Å². The summed E-state index contributed by atoms with van der Waals surface area (Å²) in [6, 6.07) is 9.42. The molecule has 0 amide bonds. The van der Waals surface area contributed by atoms with Crippen LogP contribution in [0.25, 0.3) is 6.08 Å². The van der Waals surface area contributed by atoms with Crippen LogP contribution in [0.4, 0.5) is 0 Å². The number of carbonyl (C=O) groups excluding carboxylic acids is 2. The minimum Gasteiger partial charge on any atom is -0.490 e. The van der Waals surface area contributed by atoms with Crippen LogP contribution in [0.1, 0.15) is 44.9 Å². The summed E-state index contributed by atoms with van der Waals surface area (Å²) in [5.41, 5.74) is 1.54. The van der Waals surface area contributed by atoms with Crippen LogP contribution >= 0.6 is 11.3 Å². The Morgan fingerprint density at radius 2 is 1.67 bits per heavy atom. The van der Waals surface area contributed by atoms with Crippen LogP contribution in [-0.2, 0) is 19.1 Å². The average Bonchev–Trinajstić information content (AvgIpc) is 3.33. The maximum atomic E-state index is 14.1. The monoisotopic (exact) mass is 634 g/mol. The number of nitrogens with zero attached hydrogens (tertiary/aromatic N) is 2. The van der Waals surface area contributed by atoms with Gasteiger partial charge in [-0.2, -0.15) is 0 Å². The molecule has 1 aromatic heterocycles. The summed E-state index contributed by atoms with van der Waals surface area (Å²) in [7, 11) is 1.27. The highest BCUT2D eigenvalue weighted by atomic mass is 32.1. The maximum absolute atomic E-state index is 14.1. The van der Waals surface area contributed by atoms with Gasteiger partial charge in [-0.1, -0.05) is 29.4 Å². The number of aromatic nitrogens is 1. The van der Waals surface area contributed by atoms with Gasteiger partial charge in [0.1, 0.15) is 6.61 Å². The molecule has 1 aliphatic heterocycles. The van der Waals surface area contributed by atoms with Crippen LogP contribution in [0.2, 0.25) is 0 Å². The minimum absolute atomic E-state index is 0.0869. The van der Waals surface area contributed by atoms with Crippen molar-refractivity contribution in [2.75, 3.05) is 40.1 Å². The first kappa shape index (κ1) is 32.9. The van der Waals surface area contributed by atoms with Crippen molar-refractivity contribution in [2.24, 2.45) is 4.99 Å². The molecule has 1 aliphatic rings. The standard InChI is InChI=1S/C33H34N2O9S/c1-7-15-43-23-13-11-21(16-25(23)40-8-2)17-27-31(37)35-30(29(32(38)42-10-4)20(5)34-33(35)45-27)22-12-14-24(26(18-22)41-9-3)44-19-28(36)39-6/h1,11-14,16-18,30H,8-10,15,19H2,2-6H3/b27-17-/t30-/m0/s1. The molecule has 0 unspecified atom stereocenters. The lowest BCUT2D eigenvalue weighted by molar-refractivity contribution is -0.143. The SMILES string of the molecule is C#CCOc1ccc(/C=c2\sc3n(c2=O)[C@@H](c2ccc(OCC(=O)OC)c(OCC)c2)C(C(=O)OCC)=C(C)N=3)cc1OCC. The molecule has 1 atom stereocenters. The Hall–Kier alpha value is -5.02. The third kappa shape index (κ3) is 7.38. The van der Waals surface area contributed by atoms with Crippen molar-refractivity contribution in [1.82, 2.24) is 4.57 Å². The molecule has 0 radical (unpaired) electrons. The van der Waals surface area contributed by atoms with E-state index in [2.05, 4.69) is 15.6 Å². The average molecular weight is 635 g/mol. The predicted octanol–water partition coefficient (Wildman–Crippen LogP) is 3.16. The van der Waals surface area contributed by atoms with Crippen LogP contribution in [0.15, 0.2) is 57.5 Å². The zero-order chi connectivity index (χ0) is 32.5. The van der Waals surface area contributed by atoms with Gasteiger partial charge in [0, 0.05) is 0 Å². The first-order valence-corrected chi connectivity index (χ1v) is 15.1. The summed E-state index contributed by atoms with van der Waals surface area (Å²) in [6.45, 7) is 7.69. The molecule has 0 fully saturated rings. The molecule has 0 saturated heterocycles. The molecule has 0 N–H and O–H groups in total. The van der Waals surface area contributed by atoms with E-state index in [0.717, 1.165) is 0 Å². The number of hydrogen-bond donors (Lipinski definition) is 0. The molecule has 2 heterocycles. The van der Waals surface area contributed by atoms with Gasteiger partial charge in [-0.05, 0) is 69.2 Å². The molecule has 236 valence electrons. The number of benzene rings is 2. The molecular weight excluding hydrogens is 600 g/mol. The van der Waals surface area contributed by atoms with E-state index in [9.17, 15) is 14.4 Å². The Kier molecular flexibility index (Phi) is 11.0. The minimum atomic E-state index is -0.880. The summed E-state index contributed by atoms with van der Waals surface area (Å²) >= 11 is 1.19. The third-order valence-corrected chi connectivity index (χ3v) is 7.53. The quantitative estimate of drug-likeness (QED) is 0.206. The highest BCUT2D eigenvalue weighted by Gasteiger charge is 2.34. The normalized spacial score (nSPS) is 14.1. The van der Waals surface area contributed by atoms with E-state index in [1.54, 1.807) is 63.2 Å². The number of allylic oxidation sites excluding steroid dienone is 1. The number of fused-ring (bicyclic) bond motifs is 1. The Morgan fingerprint density at radius 1 is 0.978 bits per heavy atom. The smallest absolute Gasteiger partial charge is 0.343 e. The molecule has 0 bridgehead atoms. The molecule has 45 heavy (non-hydrogen) atoms. The van der Waals surface area contributed by atoms with Crippen LogP contribution in [0.3, 0.4) is 0 Å². The molecule has 4 rings (SSSR count). The summed E-state index contributed by atoms with van der Waals surface area (Å²) in [6.07, 6.45) is 7.07. The number of methoxy groups -OCH3 is 1. The lowest BCUT2D eigenvalue weighted by Gasteiger charge is -2.25. The number of terminal acetylenes is 1. The predicted molar refractivity (Wildman–Crippen MR) is 167 cm³/mol. The second kappa shape index (κ2) is 15.1. The van der Waals surface area contributed by atoms with Crippen LogP contribution in [0, 0.1) is 12.3 Å². The lowest BCUT2D eigenvalue weighted by Crippen LogP contribution is -2.40. The van der Waals surface area contributed by atoms with Crippen LogP contribution < -0.4 is 33.8 Å². The zero-order valence-corrected chi connectivity index (χ0v) is 26.5. The van der Waals surface area contributed by atoms with E-state index in [1.165, 1.54) is 23.0 Å². The van der Waals surface area contributed by atoms with Crippen molar-refractivity contribution in [3.8, 4) is 35.3 Å². The van der Waals surface area contributed by atoms with Gasteiger partial charge in [-0.3, -0.25) is 9.36 Å². The van der Waals surface area contributed by atoms with Gasteiger partial charge < -0.3 is 28.4 Å². The van der Waals surface area contributed by atoms with E-state index >= 15 is 0 Å². The largest absolute Gasteiger partial charge is 0.490 e. The number of carbonyl (C=O) groups is 2. The van der Waals surface area contributed by atoms with Gasteiger partial charge in [0.2, 0.25) is 0 Å². The van der Waals surface area contributed by atoms with Gasteiger partial charge in [0.05, 0.1) is 48.8 Å². The Balaban J connectivity index is 1.87. The summed E-state index contributed by atoms with van der Waals surface area (Å²) in [5.74, 6) is 2.90. The molecule has 0 spiro atoms. The summed E-state index contributed by atoms with van der Waals surface area (Å²) in [4.78, 5) is 44.1. The first-order valence-electron chi connectivity index (χ1n) is 14.2. The van der Waals surface area contributed by atoms with E-state index in [0.29, 0.717) is 62.4 Å². The van der Waals surface area contributed by atoms with Crippen LogP contribution in [-0.4, -0.2) is 56.6 Å². The van der Waals surface area contributed by atoms with E-state index in [1.807, 2.05) is 6.92 Å². The highest BCUT2D eigenvalue weighted by Crippen LogP contribution is 2.36. The van der Waals surface area contributed by atoms with Crippen molar-refractivity contribution >= 4 is 29.4 Å². The van der Waals surface area contributed by atoms with Crippen molar-refractivity contribution in [1.29, 1.82) is 0 Å². The van der Waals surface area contributed by atoms with Gasteiger partial charge in [-0.25, -0.2) is 14.6 Å². The Labute approximate surface area is 264 Å². The van der Waals surface area contributed by atoms with E-state index in [-0.39, 0.29) is 31.0 Å². The molecule has 2 aromatic carbocycles. The molecule has 3 aromatic rings. The zero-order valence-electron chi connectivity index (χ0n) is 25.7. The molecular formula is C33H34N2O9S. The fourth-order valence-electron chi connectivity index (χ4n) is 4.66. The number of thiazole rings is 1. The fraction of sp³-hybridized carbons (Fsp3) is 0.333. The van der Waals surface area contributed by atoms with Gasteiger partial charge in [0.15, 0.2) is 34.4 Å². The maximum Gasteiger partial charge on any atom is 0.343 e. The van der Waals surface area contributed by atoms with Gasteiger partial charge in [0.25, 0.3) is 5.56 Å². The number of ether oxygens (including phenoxy) is 6. The number of rotatable bonds is 13. The molecule has 0 aliphatic carbocycles. The third-order valence-electron chi connectivity index (χ3n) is 6.55. The molecule has 12 heteroatoms. The lowest BCUT2D eigenvalue weighted by atomic mass is 9.95. The van der Waals surface area contributed by atoms with Crippen molar-refractivity contribution in [3.05, 3.63) is 78.5 Å². The Morgan fingerprint density at radius 3 is 2.33 bits per heavy atom. The second-order valence-electron chi connectivity index (χ2n) is 9.44. The van der Waals surface area contributed by atoms with Crippen molar-refractivity contribution in [3.63, 3.8) is 0 Å². The second-order valence-corrected chi connectivity index (χ2v) is 10.4. The van der Waals surface area contributed by atoms with Crippen molar-refractivity contribution < 1.29 is 38.0 Å². The van der Waals surface area contributed by atoms with Crippen LogP contribution in [0.5, 0.6) is 23.0 Å².